The van der Waals surface area contributed by atoms with Crippen molar-refractivity contribution in [2.24, 2.45) is 0 Å². The molecule has 0 heterocycles. The molecule has 0 radical (unpaired) electrons. The number of phenols is 1. The highest BCUT2D eigenvalue weighted by Crippen LogP contribution is 2.27. The summed E-state index contributed by atoms with van der Waals surface area (Å²) >= 11 is 0. The van der Waals surface area contributed by atoms with Crippen LogP contribution >= 0.6 is 0 Å². The van der Waals surface area contributed by atoms with Crippen LogP contribution in [0.5, 0.6) is 11.5 Å². The molecule has 1 aromatic carbocycles. The normalized spacial score (nSPS) is 10.5. The van der Waals surface area contributed by atoms with Gasteiger partial charge in [0.15, 0.2) is 11.5 Å². The second-order valence-electron chi connectivity index (χ2n) is 3.50. The van der Waals surface area contributed by atoms with Gasteiger partial charge in [-0.1, -0.05) is 18.2 Å². The van der Waals surface area contributed by atoms with E-state index in [9.17, 15) is 9.90 Å². The Labute approximate surface area is 101 Å². The second-order valence-corrected chi connectivity index (χ2v) is 3.50. The zero-order valence-corrected chi connectivity index (χ0v) is 10.1. The van der Waals surface area contributed by atoms with Gasteiger partial charge in [0.1, 0.15) is 0 Å². The molecule has 4 nitrogen and oxygen atoms in total. The molecule has 0 bridgehead atoms. The third-order valence-electron chi connectivity index (χ3n) is 2.06. The molecule has 0 unspecified atom stereocenters. The van der Waals surface area contributed by atoms with Gasteiger partial charge in [-0.05, 0) is 24.6 Å². The fourth-order valence-electron chi connectivity index (χ4n) is 1.30. The maximum absolute atomic E-state index is 10.6. The molecule has 2 N–H and O–H groups in total. The predicted octanol–water partition coefficient (Wildman–Crippen LogP) is 1.94. The van der Waals surface area contributed by atoms with Crippen molar-refractivity contribution in [1.82, 2.24) is 5.32 Å². The van der Waals surface area contributed by atoms with Crippen LogP contribution in [0.3, 0.4) is 0 Å². The Morgan fingerprint density at radius 3 is 2.94 bits per heavy atom. The number of phenolic OH excluding ortho intramolecular Hbond substituents is 1. The van der Waals surface area contributed by atoms with Gasteiger partial charge in [-0.3, -0.25) is 4.79 Å². The maximum Gasteiger partial charge on any atom is 0.217 e. The molecular formula is C13H17NO3. The molecule has 1 amide bonds. The summed E-state index contributed by atoms with van der Waals surface area (Å²) in [5, 5.41) is 12.2. The van der Waals surface area contributed by atoms with Crippen molar-refractivity contribution in [3.8, 4) is 11.5 Å². The number of benzene rings is 1. The summed E-state index contributed by atoms with van der Waals surface area (Å²) in [7, 11) is 0. The minimum atomic E-state index is -0.0599. The van der Waals surface area contributed by atoms with Crippen molar-refractivity contribution in [2.45, 2.75) is 13.8 Å². The van der Waals surface area contributed by atoms with E-state index in [2.05, 4.69) is 5.32 Å². The largest absolute Gasteiger partial charge is 0.504 e. The monoisotopic (exact) mass is 235 g/mol. The first kappa shape index (κ1) is 13.1. The van der Waals surface area contributed by atoms with E-state index in [1.54, 1.807) is 18.2 Å². The zero-order chi connectivity index (χ0) is 12.7. The zero-order valence-electron chi connectivity index (χ0n) is 10.1. The highest BCUT2D eigenvalue weighted by atomic mass is 16.5. The SMILES string of the molecule is CCOc1cc(C=CCNC(C)=O)ccc1O. The number of nitrogens with one attached hydrogen (secondary N) is 1. The number of rotatable bonds is 5. The van der Waals surface area contributed by atoms with Gasteiger partial charge in [0.2, 0.25) is 5.91 Å². The molecule has 1 aromatic rings. The molecule has 0 saturated carbocycles. The molecule has 1 rings (SSSR count). The van der Waals surface area contributed by atoms with Gasteiger partial charge in [0, 0.05) is 13.5 Å². The summed E-state index contributed by atoms with van der Waals surface area (Å²) < 4.78 is 5.27. The molecule has 17 heavy (non-hydrogen) atoms. The molecule has 0 spiro atoms. The van der Waals surface area contributed by atoms with Crippen LogP contribution in [0.15, 0.2) is 24.3 Å². The Hall–Kier alpha value is -1.97. The van der Waals surface area contributed by atoms with Crippen molar-refractivity contribution < 1.29 is 14.6 Å². The van der Waals surface area contributed by atoms with Gasteiger partial charge in [0.05, 0.1) is 6.61 Å². The summed E-state index contributed by atoms with van der Waals surface area (Å²) in [5.74, 6) is 0.537. The van der Waals surface area contributed by atoms with E-state index in [4.69, 9.17) is 4.74 Å². The highest BCUT2D eigenvalue weighted by molar-refractivity contribution is 5.73. The number of carbonyl (C=O) groups excluding carboxylic acids is 1. The average molecular weight is 235 g/mol. The number of aromatic hydroxyl groups is 1. The van der Waals surface area contributed by atoms with E-state index in [0.29, 0.717) is 18.9 Å². The van der Waals surface area contributed by atoms with Crippen LogP contribution in [-0.4, -0.2) is 24.2 Å². The van der Waals surface area contributed by atoms with Crippen molar-refractivity contribution in [2.75, 3.05) is 13.2 Å². The van der Waals surface area contributed by atoms with Crippen molar-refractivity contribution in [1.29, 1.82) is 0 Å². The molecule has 4 heteroatoms. The van der Waals surface area contributed by atoms with Gasteiger partial charge in [-0.15, -0.1) is 0 Å². The standard InChI is InChI=1S/C13H17NO3/c1-3-17-13-9-11(6-7-12(13)16)5-4-8-14-10(2)15/h4-7,9,16H,3,8H2,1-2H3,(H,14,15). The Balaban J connectivity index is 2.65. The number of hydrogen-bond acceptors (Lipinski definition) is 3. The molecule has 0 aliphatic heterocycles. The molecule has 0 fully saturated rings. The third kappa shape index (κ3) is 4.59. The fraction of sp³-hybridized carbons (Fsp3) is 0.308. The molecule has 92 valence electrons. The summed E-state index contributed by atoms with van der Waals surface area (Å²) in [6, 6.07) is 5.12. The highest BCUT2D eigenvalue weighted by Gasteiger charge is 2.01. The van der Waals surface area contributed by atoms with E-state index in [0.717, 1.165) is 5.56 Å². The fourth-order valence-corrected chi connectivity index (χ4v) is 1.30. The van der Waals surface area contributed by atoms with Crippen LogP contribution in [0, 0.1) is 0 Å². The van der Waals surface area contributed by atoms with E-state index >= 15 is 0 Å². The van der Waals surface area contributed by atoms with Gasteiger partial charge in [-0.25, -0.2) is 0 Å². The average Bonchev–Trinajstić information content (AvgIpc) is 2.28. The minimum absolute atomic E-state index is 0.0599. The Kier molecular flexibility index (Phi) is 5.07. The first-order valence-corrected chi connectivity index (χ1v) is 5.50. The maximum atomic E-state index is 10.6. The smallest absolute Gasteiger partial charge is 0.217 e. The number of amides is 1. The van der Waals surface area contributed by atoms with Crippen LogP contribution in [0.25, 0.3) is 6.08 Å². The second kappa shape index (κ2) is 6.58. The molecule has 0 saturated heterocycles. The molecule has 0 aliphatic rings. The summed E-state index contributed by atoms with van der Waals surface area (Å²) in [6.45, 7) is 4.33. The van der Waals surface area contributed by atoms with Crippen LogP contribution in [0.1, 0.15) is 19.4 Å². The molecule has 0 aromatic heterocycles. The van der Waals surface area contributed by atoms with E-state index in [-0.39, 0.29) is 11.7 Å². The number of hydrogen-bond donors (Lipinski definition) is 2. The van der Waals surface area contributed by atoms with Gasteiger partial charge < -0.3 is 15.2 Å². The van der Waals surface area contributed by atoms with Gasteiger partial charge >= 0.3 is 0 Å². The van der Waals surface area contributed by atoms with Gasteiger partial charge in [0.25, 0.3) is 0 Å². The third-order valence-corrected chi connectivity index (χ3v) is 2.06. The number of ether oxygens (including phenoxy) is 1. The molecule has 0 atom stereocenters. The number of carbonyl (C=O) groups is 1. The summed E-state index contributed by atoms with van der Waals surface area (Å²) in [5.41, 5.74) is 0.914. The van der Waals surface area contributed by atoms with Crippen molar-refractivity contribution in [3.05, 3.63) is 29.8 Å². The topological polar surface area (TPSA) is 58.6 Å². The first-order chi connectivity index (χ1) is 8.13. The summed E-state index contributed by atoms with van der Waals surface area (Å²) in [4.78, 5) is 10.6. The van der Waals surface area contributed by atoms with E-state index < -0.39 is 0 Å². The van der Waals surface area contributed by atoms with Crippen molar-refractivity contribution >= 4 is 12.0 Å². The predicted molar refractivity (Wildman–Crippen MR) is 67.0 cm³/mol. The lowest BCUT2D eigenvalue weighted by molar-refractivity contribution is -0.118. The lowest BCUT2D eigenvalue weighted by Crippen LogP contribution is -2.19. The first-order valence-electron chi connectivity index (χ1n) is 5.50. The Morgan fingerprint density at radius 1 is 1.53 bits per heavy atom. The van der Waals surface area contributed by atoms with E-state index in [1.807, 2.05) is 19.1 Å². The Bertz CT molecular complexity index is 413. The van der Waals surface area contributed by atoms with E-state index in [1.165, 1.54) is 6.92 Å². The lowest BCUT2D eigenvalue weighted by Gasteiger charge is -2.06. The lowest BCUT2D eigenvalue weighted by atomic mass is 10.2. The summed E-state index contributed by atoms with van der Waals surface area (Å²) in [6.07, 6.45) is 3.70. The molecular weight excluding hydrogens is 218 g/mol. The minimum Gasteiger partial charge on any atom is -0.504 e. The van der Waals surface area contributed by atoms with Crippen LogP contribution in [0.2, 0.25) is 0 Å². The van der Waals surface area contributed by atoms with Crippen LogP contribution < -0.4 is 10.1 Å². The Morgan fingerprint density at radius 2 is 2.29 bits per heavy atom. The van der Waals surface area contributed by atoms with Gasteiger partial charge in [-0.2, -0.15) is 0 Å². The molecule has 0 aliphatic carbocycles. The van der Waals surface area contributed by atoms with Crippen LogP contribution in [-0.2, 0) is 4.79 Å². The van der Waals surface area contributed by atoms with Crippen LogP contribution in [0.4, 0.5) is 0 Å². The quantitative estimate of drug-likeness (QED) is 0.820. The van der Waals surface area contributed by atoms with Crippen molar-refractivity contribution in [3.63, 3.8) is 0 Å².